The van der Waals surface area contributed by atoms with Gasteiger partial charge in [-0.2, -0.15) is 0 Å². The van der Waals surface area contributed by atoms with Crippen molar-refractivity contribution in [3.63, 3.8) is 0 Å². The molecule has 1 aromatic carbocycles. The summed E-state index contributed by atoms with van der Waals surface area (Å²) in [5.41, 5.74) is 5.98. The van der Waals surface area contributed by atoms with Crippen molar-refractivity contribution in [2.24, 2.45) is 5.73 Å². The number of nitrogens with two attached hydrogens (primary N) is 1. The number of aromatic nitrogens is 1. The number of hydrogen-bond acceptors (Lipinski definition) is 6. The standard InChI is InChI=1S/C14H17N5O3S/c15-13(20)16-8-10-3-1-2-6-18(10)14-17-11-5-4-9(19(21)22)7-12(11)23-14/h4-5,7,10H,1-3,6,8H2,(H3,15,16,20). The number of hydrogen-bond donors (Lipinski definition) is 2. The molecule has 3 rings (SSSR count). The number of carbonyl (C=O) groups excluding carboxylic acids is 1. The Balaban J connectivity index is 1.87. The molecular formula is C14H17N5O3S. The number of nitrogens with zero attached hydrogens (tertiary/aromatic N) is 3. The minimum absolute atomic E-state index is 0.0679. The van der Waals surface area contributed by atoms with Gasteiger partial charge in [0.1, 0.15) is 0 Å². The second-order valence-electron chi connectivity index (χ2n) is 5.49. The van der Waals surface area contributed by atoms with Gasteiger partial charge in [-0.1, -0.05) is 11.3 Å². The molecule has 8 nitrogen and oxygen atoms in total. The van der Waals surface area contributed by atoms with E-state index in [0.717, 1.165) is 41.2 Å². The second kappa shape index (κ2) is 6.37. The van der Waals surface area contributed by atoms with Crippen LogP contribution in [0.25, 0.3) is 10.2 Å². The number of carbonyl (C=O) groups is 1. The van der Waals surface area contributed by atoms with E-state index < -0.39 is 11.0 Å². The molecule has 1 saturated heterocycles. The zero-order valence-corrected chi connectivity index (χ0v) is 13.2. The zero-order valence-electron chi connectivity index (χ0n) is 12.4. The molecule has 9 heteroatoms. The van der Waals surface area contributed by atoms with E-state index in [0.29, 0.717) is 6.54 Å². The van der Waals surface area contributed by atoms with Crippen molar-refractivity contribution in [2.45, 2.75) is 25.3 Å². The fourth-order valence-electron chi connectivity index (χ4n) is 2.82. The van der Waals surface area contributed by atoms with E-state index in [1.165, 1.54) is 17.4 Å². The highest BCUT2D eigenvalue weighted by molar-refractivity contribution is 7.22. The Morgan fingerprint density at radius 1 is 1.52 bits per heavy atom. The van der Waals surface area contributed by atoms with E-state index in [1.54, 1.807) is 12.1 Å². The predicted octanol–water partition coefficient (Wildman–Crippen LogP) is 2.23. The number of thiazole rings is 1. The number of rotatable bonds is 4. The van der Waals surface area contributed by atoms with E-state index in [1.807, 2.05) is 0 Å². The van der Waals surface area contributed by atoms with Gasteiger partial charge in [0.05, 0.1) is 15.1 Å². The lowest BCUT2D eigenvalue weighted by atomic mass is 10.0. The molecule has 2 amide bonds. The molecule has 0 spiro atoms. The summed E-state index contributed by atoms with van der Waals surface area (Å²) in [6.07, 6.45) is 3.11. The summed E-state index contributed by atoms with van der Waals surface area (Å²) in [7, 11) is 0. The summed E-state index contributed by atoms with van der Waals surface area (Å²) in [6, 6.07) is 4.31. The van der Waals surface area contributed by atoms with Crippen LogP contribution in [0.5, 0.6) is 0 Å². The van der Waals surface area contributed by atoms with Gasteiger partial charge in [-0.3, -0.25) is 10.1 Å². The Labute approximate surface area is 136 Å². The van der Waals surface area contributed by atoms with E-state index in [9.17, 15) is 14.9 Å². The topological polar surface area (TPSA) is 114 Å². The smallest absolute Gasteiger partial charge is 0.312 e. The molecule has 3 N–H and O–H groups in total. The van der Waals surface area contributed by atoms with Crippen molar-refractivity contribution < 1.29 is 9.72 Å². The number of piperidine rings is 1. The van der Waals surface area contributed by atoms with Gasteiger partial charge in [0.15, 0.2) is 5.13 Å². The van der Waals surface area contributed by atoms with Gasteiger partial charge in [-0.15, -0.1) is 0 Å². The third kappa shape index (κ3) is 3.34. The fraction of sp³-hybridized carbons (Fsp3) is 0.429. The first-order chi connectivity index (χ1) is 11.0. The Morgan fingerprint density at radius 3 is 3.09 bits per heavy atom. The molecule has 1 aliphatic heterocycles. The molecule has 2 heterocycles. The van der Waals surface area contributed by atoms with Gasteiger partial charge < -0.3 is 16.0 Å². The molecule has 1 unspecified atom stereocenters. The average Bonchev–Trinajstić information content (AvgIpc) is 2.95. The third-order valence-electron chi connectivity index (χ3n) is 3.96. The number of non-ortho nitro benzene ring substituents is 1. The maximum absolute atomic E-state index is 10.9. The first-order valence-electron chi connectivity index (χ1n) is 7.39. The van der Waals surface area contributed by atoms with Crippen LogP contribution in [0.3, 0.4) is 0 Å². The summed E-state index contributed by atoms with van der Waals surface area (Å²) < 4.78 is 0.793. The van der Waals surface area contributed by atoms with Crippen LogP contribution in [0, 0.1) is 10.1 Å². The molecule has 2 aromatic rings. The van der Waals surface area contributed by atoms with E-state index in [4.69, 9.17) is 5.73 Å². The van der Waals surface area contributed by atoms with Crippen molar-refractivity contribution in [1.29, 1.82) is 0 Å². The first-order valence-corrected chi connectivity index (χ1v) is 8.21. The molecule has 1 atom stereocenters. The summed E-state index contributed by atoms with van der Waals surface area (Å²) in [5.74, 6) is 0. The monoisotopic (exact) mass is 335 g/mol. The van der Waals surface area contributed by atoms with Gasteiger partial charge in [-0.05, 0) is 25.3 Å². The van der Waals surface area contributed by atoms with Gasteiger partial charge in [0, 0.05) is 31.3 Å². The number of benzene rings is 1. The predicted molar refractivity (Wildman–Crippen MR) is 88.8 cm³/mol. The number of fused-ring (bicyclic) bond motifs is 1. The highest BCUT2D eigenvalue weighted by atomic mass is 32.1. The number of nitro groups is 1. The second-order valence-corrected chi connectivity index (χ2v) is 6.50. The molecule has 1 fully saturated rings. The van der Waals surface area contributed by atoms with Gasteiger partial charge in [-0.25, -0.2) is 9.78 Å². The Hall–Kier alpha value is -2.42. The van der Waals surface area contributed by atoms with E-state index in [2.05, 4.69) is 15.2 Å². The summed E-state index contributed by atoms with van der Waals surface area (Å²) in [5, 5.41) is 14.4. The lowest BCUT2D eigenvalue weighted by molar-refractivity contribution is -0.384. The number of nitrogens with one attached hydrogen (secondary N) is 1. The van der Waals surface area contributed by atoms with Crippen molar-refractivity contribution >= 4 is 38.4 Å². The number of amides is 2. The highest BCUT2D eigenvalue weighted by Crippen LogP contribution is 2.34. The Bertz CT molecular complexity index is 747. The molecular weight excluding hydrogens is 318 g/mol. The normalized spacial score (nSPS) is 18.1. The van der Waals surface area contributed by atoms with Crippen molar-refractivity contribution in [2.75, 3.05) is 18.0 Å². The third-order valence-corrected chi connectivity index (χ3v) is 5.01. The van der Waals surface area contributed by atoms with Crippen molar-refractivity contribution in [1.82, 2.24) is 10.3 Å². The summed E-state index contributed by atoms with van der Waals surface area (Å²) >= 11 is 1.44. The minimum Gasteiger partial charge on any atom is -0.352 e. The quantitative estimate of drug-likeness (QED) is 0.657. The largest absolute Gasteiger partial charge is 0.352 e. The lowest BCUT2D eigenvalue weighted by Gasteiger charge is -2.35. The summed E-state index contributed by atoms with van der Waals surface area (Å²) in [6.45, 7) is 1.33. The van der Waals surface area contributed by atoms with Gasteiger partial charge in [0.2, 0.25) is 0 Å². The number of urea groups is 1. The molecule has 0 aliphatic carbocycles. The molecule has 0 radical (unpaired) electrons. The molecule has 122 valence electrons. The first kappa shape index (κ1) is 15.5. The van der Waals surface area contributed by atoms with Crippen molar-refractivity contribution in [3.05, 3.63) is 28.3 Å². The van der Waals surface area contributed by atoms with Crippen LogP contribution >= 0.6 is 11.3 Å². The van der Waals surface area contributed by atoms with E-state index in [-0.39, 0.29) is 11.7 Å². The summed E-state index contributed by atoms with van der Waals surface area (Å²) in [4.78, 5) is 28.2. The molecule has 0 bridgehead atoms. The molecule has 23 heavy (non-hydrogen) atoms. The van der Waals surface area contributed by atoms with Crippen LogP contribution in [-0.4, -0.2) is 35.1 Å². The minimum atomic E-state index is -0.532. The van der Waals surface area contributed by atoms with Gasteiger partial charge >= 0.3 is 6.03 Å². The fourth-order valence-corrected chi connectivity index (χ4v) is 3.92. The van der Waals surface area contributed by atoms with Crippen LogP contribution in [0.2, 0.25) is 0 Å². The Kier molecular flexibility index (Phi) is 4.28. The highest BCUT2D eigenvalue weighted by Gasteiger charge is 2.25. The molecule has 1 aliphatic rings. The van der Waals surface area contributed by atoms with E-state index >= 15 is 0 Å². The maximum atomic E-state index is 10.9. The van der Waals surface area contributed by atoms with Crippen LogP contribution in [0.4, 0.5) is 15.6 Å². The molecule has 1 aromatic heterocycles. The van der Waals surface area contributed by atoms with Crippen molar-refractivity contribution in [3.8, 4) is 0 Å². The van der Waals surface area contributed by atoms with Crippen LogP contribution in [0.1, 0.15) is 19.3 Å². The number of primary amides is 1. The van der Waals surface area contributed by atoms with Crippen LogP contribution in [0.15, 0.2) is 18.2 Å². The number of nitro benzene ring substituents is 1. The van der Waals surface area contributed by atoms with Crippen LogP contribution in [-0.2, 0) is 0 Å². The van der Waals surface area contributed by atoms with Crippen LogP contribution < -0.4 is 16.0 Å². The van der Waals surface area contributed by atoms with Gasteiger partial charge in [0.25, 0.3) is 5.69 Å². The average molecular weight is 335 g/mol. The Morgan fingerprint density at radius 2 is 2.35 bits per heavy atom. The lowest BCUT2D eigenvalue weighted by Crippen LogP contribution is -2.47. The SMILES string of the molecule is NC(=O)NCC1CCCCN1c1nc2ccc([N+](=O)[O-])cc2s1. The zero-order chi connectivity index (χ0) is 16.4. The maximum Gasteiger partial charge on any atom is 0.312 e. The number of anilines is 1. The molecule has 0 saturated carbocycles.